The van der Waals surface area contributed by atoms with Gasteiger partial charge in [0, 0.05) is 5.56 Å². The third-order valence-electron chi connectivity index (χ3n) is 3.60. The Morgan fingerprint density at radius 3 is 2.95 bits per heavy atom. The summed E-state index contributed by atoms with van der Waals surface area (Å²) in [5.74, 6) is 0.515. The van der Waals surface area contributed by atoms with Gasteiger partial charge in [-0.1, -0.05) is 30.3 Å². The number of hydrogen-bond donors (Lipinski definition) is 1. The number of carboxylic acid groups (broad SMARTS) is 1. The predicted octanol–water partition coefficient (Wildman–Crippen LogP) is 2.39. The Bertz CT molecular complexity index is 594. The first-order chi connectivity index (χ1) is 9.74. The van der Waals surface area contributed by atoms with Crippen LogP contribution in [0.15, 0.2) is 40.9 Å². The Labute approximate surface area is 116 Å². The average Bonchev–Trinajstić information content (AvgIpc) is 3.09. The smallest absolute Gasteiger partial charge is 0.320 e. The Morgan fingerprint density at radius 1 is 1.40 bits per heavy atom. The van der Waals surface area contributed by atoms with E-state index in [1.165, 1.54) is 0 Å². The summed E-state index contributed by atoms with van der Waals surface area (Å²) in [6.45, 7) is 1.23. The maximum Gasteiger partial charge on any atom is 0.320 e. The van der Waals surface area contributed by atoms with Crippen LogP contribution in [-0.2, 0) is 11.3 Å². The van der Waals surface area contributed by atoms with E-state index in [1.807, 2.05) is 35.2 Å². The van der Waals surface area contributed by atoms with E-state index in [9.17, 15) is 4.79 Å². The van der Waals surface area contributed by atoms with Crippen LogP contribution in [0.3, 0.4) is 0 Å². The van der Waals surface area contributed by atoms with Crippen molar-refractivity contribution < 1.29 is 14.3 Å². The molecule has 0 unspecified atom stereocenters. The molecule has 0 radical (unpaired) electrons. The van der Waals surface area contributed by atoms with E-state index in [-0.39, 0.29) is 0 Å². The summed E-state index contributed by atoms with van der Waals surface area (Å²) < 4.78 is 5.71. The fourth-order valence-electron chi connectivity index (χ4n) is 2.59. The molecule has 0 amide bonds. The Balaban J connectivity index is 1.73. The van der Waals surface area contributed by atoms with Crippen molar-refractivity contribution in [3.63, 3.8) is 0 Å². The molecule has 5 nitrogen and oxygen atoms in total. The van der Waals surface area contributed by atoms with E-state index in [4.69, 9.17) is 9.52 Å². The van der Waals surface area contributed by atoms with Gasteiger partial charge >= 0.3 is 5.97 Å². The van der Waals surface area contributed by atoms with E-state index in [0.29, 0.717) is 24.6 Å². The molecule has 20 heavy (non-hydrogen) atoms. The Morgan fingerprint density at radius 2 is 2.20 bits per heavy atom. The molecule has 0 bridgehead atoms. The molecule has 1 aliphatic rings. The van der Waals surface area contributed by atoms with Crippen molar-refractivity contribution in [3.8, 4) is 11.3 Å². The van der Waals surface area contributed by atoms with Crippen molar-refractivity contribution in [3.05, 3.63) is 42.4 Å². The minimum atomic E-state index is -0.766. The predicted molar refractivity (Wildman–Crippen MR) is 73.0 cm³/mol. The van der Waals surface area contributed by atoms with Gasteiger partial charge in [-0.3, -0.25) is 9.69 Å². The molecule has 1 fully saturated rings. The number of carbonyl (C=O) groups is 1. The third kappa shape index (κ3) is 2.58. The second kappa shape index (κ2) is 5.46. The number of benzene rings is 1. The molecular weight excluding hydrogens is 256 g/mol. The van der Waals surface area contributed by atoms with Crippen LogP contribution in [0, 0.1) is 0 Å². The van der Waals surface area contributed by atoms with Gasteiger partial charge in [0.15, 0.2) is 5.76 Å². The molecule has 1 aromatic heterocycles. The van der Waals surface area contributed by atoms with Gasteiger partial charge in [-0.05, 0) is 19.4 Å². The summed E-state index contributed by atoms with van der Waals surface area (Å²) in [6, 6.07) is 9.34. The third-order valence-corrected chi connectivity index (χ3v) is 3.60. The summed E-state index contributed by atoms with van der Waals surface area (Å²) in [4.78, 5) is 17.3. The quantitative estimate of drug-likeness (QED) is 0.925. The maximum absolute atomic E-state index is 11.1. The number of carboxylic acids is 1. The molecule has 2 aromatic rings. The number of rotatable bonds is 4. The molecule has 1 saturated heterocycles. The number of oxazole rings is 1. The van der Waals surface area contributed by atoms with Crippen molar-refractivity contribution in [1.29, 1.82) is 0 Å². The molecule has 2 heterocycles. The summed E-state index contributed by atoms with van der Waals surface area (Å²) in [5, 5.41) is 9.15. The number of nitrogens with zero attached hydrogens (tertiary/aromatic N) is 2. The molecule has 0 aliphatic carbocycles. The Hall–Kier alpha value is -2.14. The standard InChI is InChI=1S/C15H16N2O3/c18-15(19)12-7-4-8-17(12)10-14-16-9-13(20-14)11-5-2-1-3-6-11/h1-3,5-6,9,12H,4,7-8,10H2,(H,18,19)/t12-/m1/s1. The molecule has 3 rings (SSSR count). The van der Waals surface area contributed by atoms with Crippen LogP contribution >= 0.6 is 0 Å². The van der Waals surface area contributed by atoms with Crippen molar-refractivity contribution in [2.24, 2.45) is 0 Å². The highest BCUT2D eigenvalue weighted by Crippen LogP contribution is 2.23. The van der Waals surface area contributed by atoms with Crippen molar-refractivity contribution in [2.45, 2.75) is 25.4 Å². The van der Waals surface area contributed by atoms with Crippen molar-refractivity contribution in [2.75, 3.05) is 6.54 Å². The summed E-state index contributed by atoms with van der Waals surface area (Å²) >= 11 is 0. The van der Waals surface area contributed by atoms with E-state index >= 15 is 0 Å². The fraction of sp³-hybridized carbons (Fsp3) is 0.333. The van der Waals surface area contributed by atoms with E-state index in [2.05, 4.69) is 4.98 Å². The molecule has 104 valence electrons. The van der Waals surface area contributed by atoms with Gasteiger partial charge in [-0.15, -0.1) is 0 Å². The first-order valence-electron chi connectivity index (χ1n) is 6.71. The second-order valence-electron chi connectivity index (χ2n) is 4.95. The van der Waals surface area contributed by atoms with Gasteiger partial charge in [-0.2, -0.15) is 0 Å². The lowest BCUT2D eigenvalue weighted by Gasteiger charge is -2.18. The zero-order valence-electron chi connectivity index (χ0n) is 11.0. The van der Waals surface area contributed by atoms with Crippen LogP contribution in [0.1, 0.15) is 18.7 Å². The monoisotopic (exact) mass is 272 g/mol. The lowest BCUT2D eigenvalue weighted by molar-refractivity contribution is -0.142. The van der Waals surface area contributed by atoms with Gasteiger partial charge in [0.1, 0.15) is 6.04 Å². The fourth-order valence-corrected chi connectivity index (χ4v) is 2.59. The lowest BCUT2D eigenvalue weighted by Crippen LogP contribution is -2.35. The zero-order valence-corrected chi connectivity index (χ0v) is 11.0. The van der Waals surface area contributed by atoms with Crippen molar-refractivity contribution >= 4 is 5.97 Å². The van der Waals surface area contributed by atoms with Gasteiger partial charge in [-0.25, -0.2) is 4.98 Å². The Kier molecular flexibility index (Phi) is 3.52. The highest BCUT2D eigenvalue weighted by Gasteiger charge is 2.31. The first kappa shape index (κ1) is 12.9. The molecule has 1 atom stereocenters. The van der Waals surface area contributed by atoms with Crippen LogP contribution < -0.4 is 0 Å². The number of likely N-dealkylation sites (tertiary alicyclic amines) is 1. The molecule has 1 aliphatic heterocycles. The van der Waals surface area contributed by atoms with Crippen LogP contribution in [-0.4, -0.2) is 33.5 Å². The minimum absolute atomic E-state index is 0.415. The van der Waals surface area contributed by atoms with Gasteiger partial charge < -0.3 is 9.52 Å². The van der Waals surface area contributed by atoms with Crippen molar-refractivity contribution in [1.82, 2.24) is 9.88 Å². The second-order valence-corrected chi connectivity index (χ2v) is 4.95. The topological polar surface area (TPSA) is 66.6 Å². The summed E-state index contributed by atoms with van der Waals surface area (Å²) in [5.41, 5.74) is 0.974. The lowest BCUT2D eigenvalue weighted by atomic mass is 10.2. The highest BCUT2D eigenvalue weighted by molar-refractivity contribution is 5.73. The molecule has 1 N–H and O–H groups in total. The van der Waals surface area contributed by atoms with Gasteiger partial charge in [0.05, 0.1) is 12.7 Å². The SMILES string of the molecule is O=C(O)[C@H]1CCCN1Cc1ncc(-c2ccccc2)o1. The first-order valence-corrected chi connectivity index (χ1v) is 6.71. The molecule has 5 heteroatoms. The van der Waals surface area contributed by atoms with E-state index < -0.39 is 12.0 Å². The van der Waals surface area contributed by atoms with Crippen LogP contribution in [0.5, 0.6) is 0 Å². The zero-order chi connectivity index (χ0) is 13.9. The summed E-state index contributed by atoms with van der Waals surface area (Å²) in [6.07, 6.45) is 3.29. The van der Waals surface area contributed by atoms with E-state index in [0.717, 1.165) is 18.5 Å². The van der Waals surface area contributed by atoms with Gasteiger partial charge in [0.25, 0.3) is 0 Å². The number of aromatic nitrogens is 1. The molecule has 0 saturated carbocycles. The number of aliphatic carboxylic acids is 1. The molecular formula is C15H16N2O3. The van der Waals surface area contributed by atoms with Crippen LogP contribution in [0.2, 0.25) is 0 Å². The summed E-state index contributed by atoms with van der Waals surface area (Å²) in [7, 11) is 0. The van der Waals surface area contributed by atoms with E-state index in [1.54, 1.807) is 6.20 Å². The minimum Gasteiger partial charge on any atom is -0.480 e. The van der Waals surface area contributed by atoms with Gasteiger partial charge in [0.2, 0.25) is 5.89 Å². The van der Waals surface area contributed by atoms with Crippen LogP contribution in [0.25, 0.3) is 11.3 Å². The average molecular weight is 272 g/mol. The van der Waals surface area contributed by atoms with Crippen LogP contribution in [0.4, 0.5) is 0 Å². The highest BCUT2D eigenvalue weighted by atomic mass is 16.4. The number of hydrogen-bond acceptors (Lipinski definition) is 4. The normalized spacial score (nSPS) is 19.3. The maximum atomic E-state index is 11.1. The molecule has 1 aromatic carbocycles. The molecule has 0 spiro atoms. The largest absolute Gasteiger partial charge is 0.480 e.